The van der Waals surface area contributed by atoms with Gasteiger partial charge in [-0.05, 0) is 12.2 Å². The summed E-state index contributed by atoms with van der Waals surface area (Å²) >= 11 is 4.15. The third kappa shape index (κ3) is 4.82. The molecule has 0 fully saturated rings. The topological polar surface area (TPSA) is 101 Å². The molecule has 0 saturated heterocycles. The van der Waals surface area contributed by atoms with Crippen molar-refractivity contribution >= 4 is 45.9 Å². The molecule has 0 aliphatic carbocycles. The van der Waals surface area contributed by atoms with E-state index in [4.69, 9.17) is 0 Å². The molecular weight excluding hydrogens is 342 g/mol. The van der Waals surface area contributed by atoms with Gasteiger partial charge in [-0.2, -0.15) is 0 Å². The third-order valence-electron chi connectivity index (χ3n) is 2.47. The molecule has 2 N–H and O–H groups in total. The first kappa shape index (κ1) is 17.0. The minimum Gasteiger partial charge on any atom is -0.301 e. The predicted octanol–water partition coefficient (Wildman–Crippen LogP) is 2.24. The zero-order valence-corrected chi connectivity index (χ0v) is 14.5. The van der Waals surface area contributed by atoms with E-state index in [1.54, 1.807) is 11.8 Å². The normalized spacial score (nSPS) is 12.1. The highest BCUT2D eigenvalue weighted by atomic mass is 32.2. The second-order valence-corrected chi connectivity index (χ2v) is 7.73. The number of hydrogen-bond donors (Lipinski definition) is 2. The van der Waals surface area contributed by atoms with Gasteiger partial charge in [0.25, 0.3) is 5.56 Å². The summed E-state index contributed by atoms with van der Waals surface area (Å²) in [6.45, 7) is 3.93. The number of nitrogens with zero attached hydrogens (tertiary/aromatic N) is 3. The highest BCUT2D eigenvalue weighted by molar-refractivity contribution is 8.01. The molecule has 1 unspecified atom stereocenters. The molecule has 118 valence electrons. The van der Waals surface area contributed by atoms with Crippen LogP contribution in [0.1, 0.15) is 20.3 Å². The molecule has 0 saturated carbocycles. The summed E-state index contributed by atoms with van der Waals surface area (Å²) in [5.41, 5.74) is -0.238. The fourth-order valence-corrected chi connectivity index (χ4v) is 4.03. The van der Waals surface area contributed by atoms with Crippen molar-refractivity contribution in [2.45, 2.75) is 35.0 Å². The highest BCUT2D eigenvalue weighted by Gasteiger charge is 2.20. The molecule has 2 aromatic heterocycles. The predicted molar refractivity (Wildman–Crippen MR) is 89.7 cm³/mol. The molecule has 10 heteroatoms. The molecular formula is C12H15N5O2S3. The van der Waals surface area contributed by atoms with Crippen molar-refractivity contribution in [3.05, 3.63) is 22.6 Å². The SMILES string of the molecule is CCSc1nnc(NC(=O)C(CC)Sc2nccc(=O)[nH]2)s1. The Labute approximate surface area is 139 Å². The minimum absolute atomic E-state index is 0.178. The van der Waals surface area contributed by atoms with E-state index >= 15 is 0 Å². The highest BCUT2D eigenvalue weighted by Crippen LogP contribution is 2.27. The summed E-state index contributed by atoms with van der Waals surface area (Å²) in [4.78, 5) is 30.2. The van der Waals surface area contributed by atoms with E-state index in [0.29, 0.717) is 16.7 Å². The van der Waals surface area contributed by atoms with Crippen molar-refractivity contribution in [2.24, 2.45) is 0 Å². The number of hydrogen-bond acceptors (Lipinski definition) is 8. The van der Waals surface area contributed by atoms with Crippen LogP contribution in [0.2, 0.25) is 0 Å². The lowest BCUT2D eigenvalue weighted by atomic mass is 10.3. The van der Waals surface area contributed by atoms with Crippen LogP contribution in [0, 0.1) is 0 Å². The van der Waals surface area contributed by atoms with Crippen molar-refractivity contribution in [3.63, 3.8) is 0 Å². The van der Waals surface area contributed by atoms with Crippen molar-refractivity contribution in [1.29, 1.82) is 0 Å². The van der Waals surface area contributed by atoms with Gasteiger partial charge in [-0.25, -0.2) is 4.98 Å². The third-order valence-corrected chi connectivity index (χ3v) is 5.59. The van der Waals surface area contributed by atoms with Gasteiger partial charge in [0.1, 0.15) is 0 Å². The van der Waals surface area contributed by atoms with Gasteiger partial charge in [0.2, 0.25) is 11.0 Å². The number of rotatable bonds is 7. The number of carbonyl (C=O) groups excluding carboxylic acids is 1. The van der Waals surface area contributed by atoms with Crippen molar-refractivity contribution < 1.29 is 4.79 Å². The zero-order chi connectivity index (χ0) is 15.9. The van der Waals surface area contributed by atoms with E-state index in [1.165, 1.54) is 35.4 Å². The second-order valence-electron chi connectivity index (χ2n) is 4.05. The van der Waals surface area contributed by atoms with E-state index in [9.17, 15) is 9.59 Å². The van der Waals surface area contributed by atoms with Crippen molar-refractivity contribution in [3.8, 4) is 0 Å². The molecule has 0 aliphatic rings. The zero-order valence-electron chi connectivity index (χ0n) is 12.0. The maximum atomic E-state index is 12.3. The lowest BCUT2D eigenvalue weighted by Crippen LogP contribution is -2.25. The van der Waals surface area contributed by atoms with Crippen LogP contribution in [0.3, 0.4) is 0 Å². The standard InChI is InChI=1S/C12H15N5O2S3/c1-3-7(21-10-13-6-5-8(18)14-10)9(19)15-11-16-17-12(22-11)20-4-2/h5-7H,3-4H2,1-2H3,(H,13,14,18)(H,15,16,19). The molecule has 0 bridgehead atoms. The average Bonchev–Trinajstić information content (AvgIpc) is 2.92. The molecule has 1 atom stereocenters. The lowest BCUT2D eigenvalue weighted by Gasteiger charge is -2.12. The summed E-state index contributed by atoms with van der Waals surface area (Å²) in [7, 11) is 0. The van der Waals surface area contributed by atoms with Gasteiger partial charge in [-0.3, -0.25) is 14.9 Å². The molecule has 2 rings (SSSR count). The Balaban J connectivity index is 2.00. The first-order valence-electron chi connectivity index (χ1n) is 6.61. The van der Waals surface area contributed by atoms with Crippen LogP contribution < -0.4 is 10.9 Å². The Morgan fingerprint density at radius 3 is 2.95 bits per heavy atom. The lowest BCUT2D eigenvalue weighted by molar-refractivity contribution is -0.115. The van der Waals surface area contributed by atoms with Crippen LogP contribution in [0.4, 0.5) is 5.13 Å². The Bertz CT molecular complexity index is 687. The van der Waals surface area contributed by atoms with Gasteiger partial charge in [0.05, 0.1) is 5.25 Å². The van der Waals surface area contributed by atoms with Gasteiger partial charge in [0, 0.05) is 12.3 Å². The largest absolute Gasteiger partial charge is 0.301 e. The van der Waals surface area contributed by atoms with Gasteiger partial charge in [-0.1, -0.05) is 48.7 Å². The summed E-state index contributed by atoms with van der Waals surface area (Å²) in [5.74, 6) is 0.728. The summed E-state index contributed by atoms with van der Waals surface area (Å²) in [6, 6.07) is 1.33. The number of nitrogens with one attached hydrogen (secondary N) is 2. The van der Waals surface area contributed by atoms with E-state index in [1.807, 2.05) is 13.8 Å². The first-order chi connectivity index (χ1) is 10.6. The number of aromatic nitrogens is 4. The van der Waals surface area contributed by atoms with Crippen LogP contribution in [-0.4, -0.2) is 37.1 Å². The summed E-state index contributed by atoms with van der Waals surface area (Å²) in [5, 5.41) is 11.2. The Morgan fingerprint density at radius 1 is 1.45 bits per heavy atom. The van der Waals surface area contributed by atoms with Gasteiger partial charge in [-0.15, -0.1) is 10.2 Å². The summed E-state index contributed by atoms with van der Waals surface area (Å²) in [6.07, 6.45) is 2.02. The number of carbonyl (C=O) groups is 1. The Hall–Kier alpha value is -1.39. The van der Waals surface area contributed by atoms with E-state index in [0.717, 1.165) is 10.1 Å². The number of amides is 1. The van der Waals surface area contributed by atoms with Crippen molar-refractivity contribution in [1.82, 2.24) is 20.2 Å². The molecule has 7 nitrogen and oxygen atoms in total. The number of anilines is 1. The summed E-state index contributed by atoms with van der Waals surface area (Å²) < 4.78 is 0.826. The minimum atomic E-state index is -0.364. The first-order valence-corrected chi connectivity index (χ1v) is 9.29. The van der Waals surface area contributed by atoms with E-state index in [2.05, 4.69) is 25.5 Å². The smallest absolute Gasteiger partial charge is 0.251 e. The second kappa shape index (κ2) is 8.30. The molecule has 22 heavy (non-hydrogen) atoms. The molecule has 2 aromatic rings. The van der Waals surface area contributed by atoms with Gasteiger partial charge < -0.3 is 4.98 Å². The van der Waals surface area contributed by atoms with Crippen LogP contribution in [0.15, 0.2) is 26.6 Å². The number of H-pyrrole nitrogens is 1. The van der Waals surface area contributed by atoms with E-state index < -0.39 is 0 Å². The number of aromatic amines is 1. The van der Waals surface area contributed by atoms with Crippen LogP contribution in [-0.2, 0) is 4.79 Å². The molecule has 1 amide bonds. The Morgan fingerprint density at radius 2 is 2.27 bits per heavy atom. The Kier molecular flexibility index (Phi) is 6.40. The number of thioether (sulfide) groups is 2. The van der Waals surface area contributed by atoms with Crippen LogP contribution in [0.25, 0.3) is 0 Å². The molecule has 2 heterocycles. The average molecular weight is 357 g/mol. The molecule has 0 radical (unpaired) electrons. The maximum Gasteiger partial charge on any atom is 0.251 e. The fraction of sp³-hybridized carbons (Fsp3) is 0.417. The molecule has 0 spiro atoms. The molecule has 0 aliphatic heterocycles. The van der Waals surface area contributed by atoms with Crippen LogP contribution in [0.5, 0.6) is 0 Å². The fourth-order valence-electron chi connectivity index (χ4n) is 1.50. The van der Waals surface area contributed by atoms with Gasteiger partial charge in [0.15, 0.2) is 9.50 Å². The quantitative estimate of drug-likeness (QED) is 0.445. The maximum absolute atomic E-state index is 12.3. The van der Waals surface area contributed by atoms with Gasteiger partial charge >= 0.3 is 0 Å². The van der Waals surface area contributed by atoms with Crippen molar-refractivity contribution in [2.75, 3.05) is 11.1 Å². The molecule has 0 aromatic carbocycles. The van der Waals surface area contributed by atoms with Crippen LogP contribution >= 0.6 is 34.9 Å². The van der Waals surface area contributed by atoms with E-state index in [-0.39, 0.29) is 16.7 Å². The monoisotopic (exact) mass is 357 g/mol.